The van der Waals surface area contributed by atoms with E-state index in [2.05, 4.69) is 20.3 Å². The molecule has 0 radical (unpaired) electrons. The summed E-state index contributed by atoms with van der Waals surface area (Å²) >= 11 is 0. The number of carbonyl (C=O) groups is 1. The van der Waals surface area contributed by atoms with Gasteiger partial charge in [-0.05, 0) is 25.0 Å². The molecule has 0 spiro atoms. The molecule has 4 rings (SSSR count). The number of hydrogen-bond acceptors (Lipinski definition) is 5. The highest BCUT2D eigenvalue weighted by atomic mass is 16.2. The molecule has 0 atom stereocenters. The van der Waals surface area contributed by atoms with E-state index in [1.54, 1.807) is 12.4 Å². The van der Waals surface area contributed by atoms with Crippen LogP contribution in [-0.2, 0) is 0 Å². The number of fused-ring (bicyclic) bond motifs is 1. The van der Waals surface area contributed by atoms with Gasteiger partial charge in [0.2, 0.25) is 0 Å². The minimum absolute atomic E-state index is 0.0432. The molecule has 24 heavy (non-hydrogen) atoms. The van der Waals surface area contributed by atoms with Crippen LogP contribution in [0.3, 0.4) is 0 Å². The number of anilines is 2. The number of rotatable bonds is 3. The Morgan fingerprint density at radius 2 is 1.83 bits per heavy atom. The third-order valence-corrected chi connectivity index (χ3v) is 4.16. The van der Waals surface area contributed by atoms with Crippen LogP contribution in [0.1, 0.15) is 23.3 Å². The standard InChI is InChI=1S/C18H17N5O/c24-18(23-9-1-2-10-23)15-11-21-16(12-20-15)22-14-7-3-5-13-6-4-8-19-17(13)14/h3-8,11-12H,1-2,9-10H2,(H,21,22). The van der Waals surface area contributed by atoms with Crippen LogP contribution in [0.5, 0.6) is 0 Å². The van der Waals surface area contributed by atoms with Gasteiger partial charge in [0.15, 0.2) is 0 Å². The molecule has 2 aromatic heterocycles. The van der Waals surface area contributed by atoms with Crippen LogP contribution in [0.15, 0.2) is 48.9 Å². The zero-order valence-electron chi connectivity index (χ0n) is 13.1. The summed E-state index contributed by atoms with van der Waals surface area (Å²) < 4.78 is 0. The molecule has 1 amide bonds. The van der Waals surface area contributed by atoms with Crippen LogP contribution in [0.25, 0.3) is 10.9 Å². The first-order valence-electron chi connectivity index (χ1n) is 8.03. The Bertz CT molecular complexity index is 867. The van der Waals surface area contributed by atoms with E-state index in [1.165, 1.54) is 6.20 Å². The summed E-state index contributed by atoms with van der Waals surface area (Å²) in [6.45, 7) is 1.62. The van der Waals surface area contributed by atoms with E-state index in [0.717, 1.165) is 42.5 Å². The highest BCUT2D eigenvalue weighted by Crippen LogP contribution is 2.23. The number of aromatic nitrogens is 3. The lowest BCUT2D eigenvalue weighted by Gasteiger charge is -2.14. The Kier molecular flexibility index (Phi) is 3.78. The van der Waals surface area contributed by atoms with Crippen molar-refractivity contribution in [3.63, 3.8) is 0 Å². The lowest BCUT2D eigenvalue weighted by Crippen LogP contribution is -2.28. The van der Waals surface area contributed by atoms with Crippen LogP contribution in [-0.4, -0.2) is 38.8 Å². The monoisotopic (exact) mass is 319 g/mol. The Hall–Kier alpha value is -3.02. The quantitative estimate of drug-likeness (QED) is 0.803. The van der Waals surface area contributed by atoms with Crippen molar-refractivity contribution in [2.75, 3.05) is 18.4 Å². The molecule has 1 aliphatic rings. The van der Waals surface area contributed by atoms with Crippen LogP contribution in [0.2, 0.25) is 0 Å². The predicted molar refractivity (Wildman–Crippen MR) is 92.2 cm³/mol. The van der Waals surface area contributed by atoms with Gasteiger partial charge >= 0.3 is 0 Å². The fourth-order valence-corrected chi connectivity index (χ4v) is 2.93. The van der Waals surface area contributed by atoms with E-state index in [9.17, 15) is 4.79 Å². The molecule has 1 aliphatic heterocycles. The van der Waals surface area contributed by atoms with E-state index in [0.29, 0.717) is 11.5 Å². The van der Waals surface area contributed by atoms with E-state index in [4.69, 9.17) is 0 Å². The number of pyridine rings is 1. The maximum absolute atomic E-state index is 12.3. The number of carbonyl (C=O) groups excluding carboxylic acids is 1. The van der Waals surface area contributed by atoms with E-state index in [1.807, 2.05) is 35.2 Å². The van der Waals surface area contributed by atoms with Crippen molar-refractivity contribution in [3.8, 4) is 0 Å². The highest BCUT2D eigenvalue weighted by Gasteiger charge is 2.20. The molecular formula is C18H17N5O. The summed E-state index contributed by atoms with van der Waals surface area (Å²) in [5, 5.41) is 4.27. The Balaban J connectivity index is 1.55. The Morgan fingerprint density at radius 1 is 1.00 bits per heavy atom. The molecule has 1 aromatic carbocycles. The molecule has 0 unspecified atom stereocenters. The average Bonchev–Trinajstić information content (AvgIpc) is 3.17. The summed E-state index contributed by atoms with van der Waals surface area (Å²) in [6, 6.07) is 9.84. The van der Waals surface area contributed by atoms with Gasteiger partial charge in [0.25, 0.3) is 5.91 Å². The molecule has 120 valence electrons. The second-order valence-corrected chi connectivity index (χ2v) is 5.79. The van der Waals surface area contributed by atoms with Crippen molar-refractivity contribution in [1.82, 2.24) is 19.9 Å². The molecular weight excluding hydrogens is 302 g/mol. The van der Waals surface area contributed by atoms with Gasteiger partial charge in [-0.15, -0.1) is 0 Å². The number of benzene rings is 1. The van der Waals surface area contributed by atoms with Crippen molar-refractivity contribution in [2.24, 2.45) is 0 Å². The third kappa shape index (κ3) is 2.78. The second-order valence-electron chi connectivity index (χ2n) is 5.79. The van der Waals surface area contributed by atoms with Gasteiger partial charge in [0, 0.05) is 24.7 Å². The number of likely N-dealkylation sites (tertiary alicyclic amines) is 1. The van der Waals surface area contributed by atoms with Crippen LogP contribution >= 0.6 is 0 Å². The maximum atomic E-state index is 12.3. The molecule has 1 saturated heterocycles. The Morgan fingerprint density at radius 3 is 2.62 bits per heavy atom. The number of para-hydroxylation sites is 1. The van der Waals surface area contributed by atoms with Crippen LogP contribution in [0.4, 0.5) is 11.5 Å². The maximum Gasteiger partial charge on any atom is 0.274 e. The van der Waals surface area contributed by atoms with Crippen molar-refractivity contribution < 1.29 is 4.79 Å². The number of nitrogens with zero attached hydrogens (tertiary/aromatic N) is 4. The normalized spacial score (nSPS) is 14.1. The van der Waals surface area contributed by atoms with Gasteiger partial charge < -0.3 is 10.2 Å². The second kappa shape index (κ2) is 6.23. The van der Waals surface area contributed by atoms with Gasteiger partial charge in [-0.2, -0.15) is 0 Å². The smallest absolute Gasteiger partial charge is 0.274 e. The topological polar surface area (TPSA) is 71.0 Å². The van der Waals surface area contributed by atoms with E-state index in [-0.39, 0.29) is 5.91 Å². The number of nitrogens with one attached hydrogen (secondary N) is 1. The fraction of sp³-hybridized carbons (Fsp3) is 0.222. The van der Waals surface area contributed by atoms with Crippen molar-refractivity contribution in [1.29, 1.82) is 0 Å². The molecule has 0 saturated carbocycles. The zero-order valence-corrected chi connectivity index (χ0v) is 13.1. The van der Waals surface area contributed by atoms with Crippen LogP contribution < -0.4 is 5.32 Å². The van der Waals surface area contributed by atoms with Gasteiger partial charge in [0.1, 0.15) is 11.5 Å². The Labute approximate surface area is 139 Å². The first-order chi connectivity index (χ1) is 11.8. The van der Waals surface area contributed by atoms with Crippen molar-refractivity contribution in [2.45, 2.75) is 12.8 Å². The molecule has 1 fully saturated rings. The summed E-state index contributed by atoms with van der Waals surface area (Å²) in [5.74, 6) is 0.546. The summed E-state index contributed by atoms with van der Waals surface area (Å²) in [4.78, 5) is 27.1. The first kappa shape index (κ1) is 14.6. The van der Waals surface area contributed by atoms with Gasteiger partial charge in [0.05, 0.1) is 23.6 Å². The van der Waals surface area contributed by atoms with Crippen molar-refractivity contribution >= 4 is 28.3 Å². The molecule has 6 heteroatoms. The molecule has 3 aromatic rings. The molecule has 1 N–H and O–H groups in total. The molecule has 0 bridgehead atoms. The molecule has 0 aliphatic carbocycles. The first-order valence-corrected chi connectivity index (χ1v) is 8.03. The largest absolute Gasteiger partial charge is 0.337 e. The SMILES string of the molecule is O=C(c1cnc(Nc2cccc3cccnc23)cn1)N1CCCC1. The zero-order chi connectivity index (χ0) is 16.4. The van der Waals surface area contributed by atoms with E-state index >= 15 is 0 Å². The number of amides is 1. The predicted octanol–water partition coefficient (Wildman–Crippen LogP) is 3.00. The minimum atomic E-state index is -0.0432. The molecule has 6 nitrogen and oxygen atoms in total. The lowest BCUT2D eigenvalue weighted by molar-refractivity contribution is 0.0786. The summed E-state index contributed by atoms with van der Waals surface area (Å²) in [7, 11) is 0. The van der Waals surface area contributed by atoms with Gasteiger partial charge in [-0.3, -0.25) is 9.78 Å². The third-order valence-electron chi connectivity index (χ3n) is 4.16. The van der Waals surface area contributed by atoms with Gasteiger partial charge in [-0.1, -0.05) is 18.2 Å². The lowest BCUT2D eigenvalue weighted by atomic mass is 10.2. The van der Waals surface area contributed by atoms with E-state index < -0.39 is 0 Å². The number of hydrogen-bond donors (Lipinski definition) is 1. The molecule has 3 heterocycles. The average molecular weight is 319 g/mol. The van der Waals surface area contributed by atoms with Crippen LogP contribution in [0, 0.1) is 0 Å². The highest BCUT2D eigenvalue weighted by molar-refractivity contribution is 5.93. The minimum Gasteiger partial charge on any atom is -0.337 e. The van der Waals surface area contributed by atoms with Crippen molar-refractivity contribution in [3.05, 3.63) is 54.6 Å². The fourth-order valence-electron chi connectivity index (χ4n) is 2.93. The summed E-state index contributed by atoms with van der Waals surface area (Å²) in [5.41, 5.74) is 2.12. The summed E-state index contributed by atoms with van der Waals surface area (Å²) in [6.07, 6.45) is 7.00. The van der Waals surface area contributed by atoms with Gasteiger partial charge in [-0.25, -0.2) is 9.97 Å².